The predicted octanol–water partition coefficient (Wildman–Crippen LogP) is 6.24. The number of ether oxygens (including phenoxy) is 1. The molecule has 4 aromatic rings. The van der Waals surface area contributed by atoms with E-state index in [1.165, 1.54) is 23.1 Å². The summed E-state index contributed by atoms with van der Waals surface area (Å²) in [5, 5.41) is 3.51. The first kappa shape index (κ1) is 33.0. The van der Waals surface area contributed by atoms with Crippen LogP contribution in [0.3, 0.4) is 0 Å². The molecular weight excluding hydrogens is 622 g/mol. The Morgan fingerprint density at radius 3 is 2.20 bits per heavy atom. The van der Waals surface area contributed by atoms with E-state index in [1.807, 2.05) is 48.5 Å². The zero-order chi connectivity index (χ0) is 32.5. The van der Waals surface area contributed by atoms with E-state index in [9.17, 15) is 18.0 Å². The number of rotatable bonds is 13. The molecule has 1 saturated carbocycles. The van der Waals surface area contributed by atoms with Crippen LogP contribution in [0.5, 0.6) is 5.75 Å². The minimum atomic E-state index is -4.20. The minimum Gasteiger partial charge on any atom is -0.497 e. The molecule has 1 fully saturated rings. The fourth-order valence-electron chi connectivity index (χ4n) is 5.77. The molecule has 1 atom stereocenters. The Balaban J connectivity index is 1.57. The molecule has 0 spiro atoms. The lowest BCUT2D eigenvalue weighted by Crippen LogP contribution is -2.54. The Morgan fingerprint density at radius 1 is 0.870 bits per heavy atom. The van der Waals surface area contributed by atoms with E-state index in [0.717, 1.165) is 41.1 Å². The topological polar surface area (TPSA) is 96.0 Å². The van der Waals surface area contributed by atoms with Crippen LogP contribution < -0.4 is 14.4 Å². The van der Waals surface area contributed by atoms with Gasteiger partial charge in [0.1, 0.15) is 18.3 Å². The van der Waals surface area contributed by atoms with Gasteiger partial charge in [-0.25, -0.2) is 8.42 Å². The summed E-state index contributed by atoms with van der Waals surface area (Å²) in [6.07, 6.45) is 4.08. The summed E-state index contributed by atoms with van der Waals surface area (Å²) >= 11 is 6.30. The van der Waals surface area contributed by atoms with E-state index < -0.39 is 28.5 Å². The number of anilines is 1. The summed E-state index contributed by atoms with van der Waals surface area (Å²) in [6, 6.07) is 30.2. The number of amides is 2. The van der Waals surface area contributed by atoms with Gasteiger partial charge in [0.2, 0.25) is 11.8 Å². The van der Waals surface area contributed by atoms with Crippen LogP contribution in [0.15, 0.2) is 114 Å². The van der Waals surface area contributed by atoms with Crippen molar-refractivity contribution in [3.05, 3.63) is 125 Å². The lowest BCUT2D eigenvalue weighted by molar-refractivity contribution is -0.140. The Hall–Kier alpha value is -4.34. The van der Waals surface area contributed by atoms with Crippen LogP contribution in [0.25, 0.3) is 0 Å². The van der Waals surface area contributed by atoms with E-state index >= 15 is 0 Å². The lowest BCUT2D eigenvalue weighted by Gasteiger charge is -2.34. The van der Waals surface area contributed by atoms with E-state index in [2.05, 4.69) is 5.32 Å². The highest BCUT2D eigenvalue weighted by atomic mass is 35.5. The van der Waals surface area contributed by atoms with Crippen LogP contribution in [0.1, 0.15) is 36.8 Å². The Morgan fingerprint density at radius 2 is 1.52 bits per heavy atom. The molecule has 0 heterocycles. The molecule has 1 aliphatic carbocycles. The summed E-state index contributed by atoms with van der Waals surface area (Å²) in [6.45, 7) is -0.496. The van der Waals surface area contributed by atoms with Crippen molar-refractivity contribution >= 4 is 39.1 Å². The second kappa shape index (κ2) is 15.3. The number of hydrogen-bond donors (Lipinski definition) is 1. The van der Waals surface area contributed by atoms with E-state index in [4.69, 9.17) is 16.3 Å². The highest BCUT2D eigenvalue weighted by Crippen LogP contribution is 2.28. The Bertz CT molecular complexity index is 1730. The number of carbonyl (C=O) groups excluding carboxylic acids is 2. The monoisotopic (exact) mass is 659 g/mol. The number of methoxy groups -OCH3 is 1. The Kier molecular flexibility index (Phi) is 11.0. The fourth-order valence-corrected chi connectivity index (χ4v) is 7.38. The van der Waals surface area contributed by atoms with Gasteiger partial charge in [0.15, 0.2) is 0 Å². The average molecular weight is 660 g/mol. The summed E-state index contributed by atoms with van der Waals surface area (Å²) < 4.78 is 34.7. The highest BCUT2D eigenvalue weighted by molar-refractivity contribution is 7.92. The van der Waals surface area contributed by atoms with Crippen LogP contribution in [0.2, 0.25) is 5.02 Å². The van der Waals surface area contributed by atoms with Crippen molar-refractivity contribution in [2.75, 3.05) is 18.0 Å². The minimum absolute atomic E-state index is 0.0287. The zero-order valence-corrected chi connectivity index (χ0v) is 27.3. The van der Waals surface area contributed by atoms with Crippen LogP contribution in [0, 0.1) is 0 Å². The van der Waals surface area contributed by atoms with Gasteiger partial charge in [-0.2, -0.15) is 0 Å². The number of nitrogens with one attached hydrogen (secondary N) is 1. The van der Waals surface area contributed by atoms with Gasteiger partial charge in [0.25, 0.3) is 10.0 Å². The van der Waals surface area contributed by atoms with Crippen molar-refractivity contribution in [3.63, 3.8) is 0 Å². The largest absolute Gasteiger partial charge is 0.497 e. The predicted molar refractivity (Wildman–Crippen MR) is 180 cm³/mol. The summed E-state index contributed by atoms with van der Waals surface area (Å²) in [4.78, 5) is 30.2. The number of hydrogen-bond acceptors (Lipinski definition) is 5. The van der Waals surface area contributed by atoms with Gasteiger partial charge < -0.3 is 15.0 Å². The molecule has 0 saturated heterocycles. The standard InChI is InChI=1S/C36H38ClN3O5S/c1-45-32-19-10-14-28(22-32)25-39(34(23-27-12-4-2-5-13-27)36(42)38-30-16-8-9-17-30)35(41)26-40(31-18-11-15-29(37)24-31)46(43,44)33-20-6-3-7-21-33/h2-7,10-15,18-22,24,30,34H,8-9,16-17,23,25-26H2,1H3,(H,38,42)/t34-/m0/s1. The first-order valence-corrected chi connectivity index (χ1v) is 17.2. The Labute approximate surface area is 276 Å². The fraction of sp³-hybridized carbons (Fsp3) is 0.278. The molecule has 8 nitrogen and oxygen atoms in total. The molecular formula is C36H38ClN3O5S. The van der Waals surface area contributed by atoms with Gasteiger partial charge in [-0.3, -0.25) is 13.9 Å². The third kappa shape index (κ3) is 8.27. The maximum absolute atomic E-state index is 14.6. The van der Waals surface area contributed by atoms with E-state index in [0.29, 0.717) is 10.8 Å². The first-order valence-electron chi connectivity index (χ1n) is 15.3. The molecule has 4 aromatic carbocycles. The number of benzene rings is 4. The SMILES string of the molecule is COc1cccc(CN(C(=O)CN(c2cccc(Cl)c2)S(=O)(=O)c2ccccc2)[C@@H](Cc2ccccc2)C(=O)NC2CCCC2)c1. The summed E-state index contributed by atoms with van der Waals surface area (Å²) in [5.41, 5.74) is 1.85. The van der Waals surface area contributed by atoms with Crippen molar-refractivity contribution in [2.45, 2.75) is 55.6 Å². The summed E-state index contributed by atoms with van der Waals surface area (Å²) in [7, 11) is -2.64. The molecule has 0 radical (unpaired) electrons. The third-order valence-corrected chi connectivity index (χ3v) is 10.2. The van der Waals surface area contributed by atoms with Crippen molar-refractivity contribution in [1.29, 1.82) is 0 Å². The number of sulfonamides is 1. The molecule has 0 bridgehead atoms. The van der Waals surface area contributed by atoms with Crippen molar-refractivity contribution in [1.82, 2.24) is 10.2 Å². The second-order valence-corrected chi connectivity index (χ2v) is 13.7. The van der Waals surface area contributed by atoms with Gasteiger partial charge in [-0.05, 0) is 66.4 Å². The van der Waals surface area contributed by atoms with E-state index in [-0.39, 0.29) is 35.5 Å². The normalized spacial score (nSPS) is 14.0. The van der Waals surface area contributed by atoms with Crippen LogP contribution in [-0.4, -0.2) is 50.9 Å². The zero-order valence-electron chi connectivity index (χ0n) is 25.7. The molecule has 0 aliphatic heterocycles. The number of halogens is 1. The quantitative estimate of drug-likeness (QED) is 0.183. The van der Waals surface area contributed by atoms with Crippen molar-refractivity contribution in [2.24, 2.45) is 0 Å². The maximum atomic E-state index is 14.6. The van der Waals surface area contributed by atoms with E-state index in [1.54, 1.807) is 49.6 Å². The molecule has 0 unspecified atom stereocenters. The van der Waals surface area contributed by atoms with Gasteiger partial charge in [-0.1, -0.05) is 91.2 Å². The highest BCUT2D eigenvalue weighted by Gasteiger charge is 2.35. The second-order valence-electron chi connectivity index (χ2n) is 11.4. The van der Waals surface area contributed by atoms with Crippen molar-refractivity contribution in [3.8, 4) is 5.75 Å². The number of carbonyl (C=O) groups is 2. The van der Waals surface area contributed by atoms with Crippen LogP contribution in [0.4, 0.5) is 5.69 Å². The average Bonchev–Trinajstić information content (AvgIpc) is 3.59. The van der Waals surface area contributed by atoms with Crippen molar-refractivity contribution < 1.29 is 22.7 Å². The first-order chi connectivity index (χ1) is 22.2. The lowest BCUT2D eigenvalue weighted by atomic mass is 10.0. The van der Waals surface area contributed by atoms with Gasteiger partial charge in [0, 0.05) is 24.0 Å². The van der Waals surface area contributed by atoms with Gasteiger partial charge in [-0.15, -0.1) is 0 Å². The molecule has 1 N–H and O–H groups in total. The molecule has 10 heteroatoms. The maximum Gasteiger partial charge on any atom is 0.264 e. The molecule has 5 rings (SSSR count). The number of nitrogens with zero attached hydrogens (tertiary/aromatic N) is 2. The molecule has 240 valence electrons. The molecule has 2 amide bonds. The van der Waals surface area contributed by atoms with Gasteiger partial charge >= 0.3 is 0 Å². The van der Waals surface area contributed by atoms with Crippen LogP contribution >= 0.6 is 11.6 Å². The molecule has 46 heavy (non-hydrogen) atoms. The summed E-state index contributed by atoms with van der Waals surface area (Å²) in [5.74, 6) is -0.204. The van der Waals surface area contributed by atoms with Gasteiger partial charge in [0.05, 0.1) is 17.7 Å². The third-order valence-electron chi connectivity index (χ3n) is 8.17. The smallest absolute Gasteiger partial charge is 0.264 e. The van der Waals surface area contributed by atoms with Crippen LogP contribution in [-0.2, 0) is 32.6 Å². The molecule has 0 aromatic heterocycles. The molecule has 1 aliphatic rings.